The van der Waals surface area contributed by atoms with E-state index in [0.29, 0.717) is 15.7 Å². The fourth-order valence-corrected chi connectivity index (χ4v) is 1.73. The second-order valence-electron chi connectivity index (χ2n) is 5.51. The molecular formula is C16H19N4O+. The summed E-state index contributed by atoms with van der Waals surface area (Å²) in [5.41, 5.74) is 4.89. The van der Waals surface area contributed by atoms with Gasteiger partial charge in [-0.1, -0.05) is 6.07 Å². The van der Waals surface area contributed by atoms with E-state index in [1.54, 1.807) is 18.3 Å². The van der Waals surface area contributed by atoms with Crippen LogP contribution in [0.3, 0.4) is 0 Å². The molecule has 0 bridgehead atoms. The minimum absolute atomic E-state index is 0.241. The lowest BCUT2D eigenvalue weighted by Gasteiger charge is -2.23. The minimum Gasteiger partial charge on any atom is -0.298 e. The first-order valence-corrected chi connectivity index (χ1v) is 6.63. The largest absolute Gasteiger partial charge is 0.298 e. The molecule has 0 spiro atoms. The number of pyridine rings is 1. The van der Waals surface area contributed by atoms with Crippen molar-refractivity contribution >= 4 is 17.8 Å². The maximum Gasteiger partial charge on any atom is 0.271 e. The molecule has 0 atom stereocenters. The fourth-order valence-electron chi connectivity index (χ4n) is 1.73. The molecule has 1 aromatic heterocycles. The van der Waals surface area contributed by atoms with Crippen molar-refractivity contribution in [3.8, 4) is 0 Å². The van der Waals surface area contributed by atoms with Crippen molar-refractivity contribution in [2.75, 3.05) is 21.1 Å². The Morgan fingerprint density at radius 1 is 1.14 bits per heavy atom. The molecule has 1 amide bonds. The van der Waals surface area contributed by atoms with Gasteiger partial charge in [-0.3, -0.25) is 14.3 Å². The molecule has 5 nitrogen and oxygen atoms in total. The molecule has 0 saturated carbocycles. The summed E-state index contributed by atoms with van der Waals surface area (Å²) in [6.07, 6.45) is 3.19. The second-order valence-corrected chi connectivity index (χ2v) is 5.51. The third kappa shape index (κ3) is 4.22. The van der Waals surface area contributed by atoms with Gasteiger partial charge in [-0.05, 0) is 36.4 Å². The highest BCUT2D eigenvalue weighted by Gasteiger charge is 2.12. The molecule has 1 aromatic carbocycles. The molecule has 0 aliphatic carbocycles. The Labute approximate surface area is 124 Å². The highest BCUT2D eigenvalue weighted by molar-refractivity contribution is 5.95. The zero-order valence-corrected chi connectivity index (χ0v) is 12.4. The van der Waals surface area contributed by atoms with Crippen molar-refractivity contribution in [1.82, 2.24) is 14.9 Å². The number of carbonyl (C=O) groups excluding carboxylic acids is 1. The van der Waals surface area contributed by atoms with Crippen LogP contribution in [-0.4, -0.2) is 38.2 Å². The lowest BCUT2D eigenvalue weighted by atomic mass is 10.2. The summed E-state index contributed by atoms with van der Waals surface area (Å²) in [5, 5.41) is 3.90. The third-order valence-electron chi connectivity index (χ3n) is 2.95. The van der Waals surface area contributed by atoms with Gasteiger partial charge in [0, 0.05) is 11.8 Å². The van der Waals surface area contributed by atoms with Crippen LogP contribution in [0.1, 0.15) is 16.1 Å². The van der Waals surface area contributed by atoms with E-state index in [1.807, 2.05) is 30.3 Å². The number of aromatic nitrogens is 1. The first-order chi connectivity index (χ1) is 9.97. The van der Waals surface area contributed by atoms with Gasteiger partial charge in [-0.15, -0.1) is 0 Å². The van der Waals surface area contributed by atoms with E-state index in [1.165, 1.54) is 6.21 Å². The lowest BCUT2D eigenvalue weighted by molar-refractivity contribution is 0.0955. The molecule has 21 heavy (non-hydrogen) atoms. The van der Waals surface area contributed by atoms with Crippen molar-refractivity contribution in [1.29, 1.82) is 0 Å². The molecule has 2 aromatic rings. The summed E-state index contributed by atoms with van der Waals surface area (Å²) < 4.78 is 0.708. The number of hydrogen-bond acceptors (Lipinski definition) is 3. The fraction of sp³-hybridized carbons (Fsp3) is 0.188. The summed E-state index contributed by atoms with van der Waals surface area (Å²) >= 11 is 0. The summed E-state index contributed by atoms with van der Waals surface area (Å²) in [4.78, 5) is 16.0. The smallest absolute Gasteiger partial charge is 0.271 e. The predicted octanol–water partition coefficient (Wildman–Crippen LogP) is 2.04. The lowest BCUT2D eigenvalue weighted by Crippen LogP contribution is -2.34. The molecule has 0 saturated heterocycles. The highest BCUT2D eigenvalue weighted by Crippen LogP contribution is 2.17. The number of nitrogens with one attached hydrogen (secondary N) is 1. The summed E-state index contributed by atoms with van der Waals surface area (Å²) in [5.74, 6) is -0.241. The van der Waals surface area contributed by atoms with Crippen molar-refractivity contribution in [3.63, 3.8) is 0 Å². The SMILES string of the molecule is C[N+](C)(C)c1ccc(C(=O)N/N=C/c2ccccn2)cc1. The van der Waals surface area contributed by atoms with Gasteiger partial charge in [-0.25, -0.2) is 5.43 Å². The molecule has 5 heteroatoms. The van der Waals surface area contributed by atoms with Crippen LogP contribution in [0.25, 0.3) is 0 Å². The average molecular weight is 283 g/mol. The normalized spacial score (nSPS) is 11.6. The van der Waals surface area contributed by atoms with Crippen molar-refractivity contribution in [2.24, 2.45) is 5.10 Å². The quantitative estimate of drug-likeness (QED) is 0.530. The maximum atomic E-state index is 11.9. The van der Waals surface area contributed by atoms with Crippen molar-refractivity contribution < 1.29 is 4.79 Å². The number of nitrogens with zero attached hydrogens (tertiary/aromatic N) is 3. The molecule has 1 N–H and O–H groups in total. The molecule has 2 rings (SSSR count). The third-order valence-corrected chi connectivity index (χ3v) is 2.95. The summed E-state index contributed by atoms with van der Waals surface area (Å²) in [6, 6.07) is 13.0. The van der Waals surface area contributed by atoms with E-state index in [0.717, 1.165) is 5.69 Å². The van der Waals surface area contributed by atoms with Crippen LogP contribution in [0, 0.1) is 0 Å². The first-order valence-electron chi connectivity index (χ1n) is 6.63. The predicted molar refractivity (Wildman–Crippen MR) is 85.3 cm³/mol. The molecular weight excluding hydrogens is 264 g/mol. The van der Waals surface area contributed by atoms with E-state index in [9.17, 15) is 4.79 Å². The van der Waals surface area contributed by atoms with E-state index in [2.05, 4.69) is 36.7 Å². The van der Waals surface area contributed by atoms with Crippen LogP contribution in [-0.2, 0) is 0 Å². The number of amides is 1. The van der Waals surface area contributed by atoms with Gasteiger partial charge in [-0.2, -0.15) is 5.10 Å². The Morgan fingerprint density at radius 2 is 1.86 bits per heavy atom. The minimum atomic E-state index is -0.241. The van der Waals surface area contributed by atoms with E-state index < -0.39 is 0 Å². The van der Waals surface area contributed by atoms with Crippen molar-refractivity contribution in [2.45, 2.75) is 0 Å². The van der Waals surface area contributed by atoms with Gasteiger partial charge >= 0.3 is 0 Å². The molecule has 0 fully saturated rings. The Bertz CT molecular complexity index is 628. The van der Waals surface area contributed by atoms with Crippen LogP contribution in [0.5, 0.6) is 0 Å². The Kier molecular flexibility index (Phi) is 4.45. The number of quaternary nitrogens is 1. The van der Waals surface area contributed by atoms with Gasteiger partial charge in [0.05, 0.1) is 33.1 Å². The number of hydrogen-bond donors (Lipinski definition) is 1. The van der Waals surface area contributed by atoms with Crippen LogP contribution in [0.2, 0.25) is 0 Å². The standard InChI is InChI=1S/C16H18N4O/c1-20(2,3)15-9-7-13(8-10-15)16(21)19-18-12-14-6-4-5-11-17-14/h4-12H,1-3H3/p+1. The molecule has 0 aliphatic rings. The monoisotopic (exact) mass is 283 g/mol. The average Bonchev–Trinajstić information content (AvgIpc) is 2.47. The first kappa shape index (κ1) is 14.9. The van der Waals surface area contributed by atoms with Gasteiger partial charge in [0.2, 0.25) is 0 Å². The zero-order valence-electron chi connectivity index (χ0n) is 12.4. The highest BCUT2D eigenvalue weighted by atomic mass is 16.2. The summed E-state index contributed by atoms with van der Waals surface area (Å²) in [7, 11) is 6.23. The van der Waals surface area contributed by atoms with Crippen LogP contribution in [0.4, 0.5) is 5.69 Å². The number of hydrazone groups is 1. The van der Waals surface area contributed by atoms with Gasteiger partial charge in [0.25, 0.3) is 5.91 Å². The van der Waals surface area contributed by atoms with E-state index in [-0.39, 0.29) is 5.91 Å². The second kappa shape index (κ2) is 6.28. The molecule has 0 aliphatic heterocycles. The van der Waals surface area contributed by atoms with Gasteiger partial charge in [0.1, 0.15) is 5.69 Å². The van der Waals surface area contributed by atoms with Crippen LogP contribution >= 0.6 is 0 Å². The molecule has 1 heterocycles. The van der Waals surface area contributed by atoms with Crippen molar-refractivity contribution in [3.05, 3.63) is 59.9 Å². The molecule has 0 unspecified atom stereocenters. The van der Waals surface area contributed by atoms with E-state index in [4.69, 9.17) is 0 Å². The topological polar surface area (TPSA) is 54.4 Å². The van der Waals surface area contributed by atoms with Crippen LogP contribution < -0.4 is 9.91 Å². The number of carbonyl (C=O) groups is 1. The molecule has 0 radical (unpaired) electrons. The number of rotatable bonds is 4. The van der Waals surface area contributed by atoms with E-state index >= 15 is 0 Å². The Hall–Kier alpha value is -2.53. The van der Waals surface area contributed by atoms with Gasteiger partial charge < -0.3 is 0 Å². The Balaban J connectivity index is 1.99. The Morgan fingerprint density at radius 3 is 2.43 bits per heavy atom. The zero-order chi connectivity index (χ0) is 15.3. The van der Waals surface area contributed by atoms with Gasteiger partial charge in [0.15, 0.2) is 0 Å². The maximum absolute atomic E-state index is 11.9. The summed E-state index contributed by atoms with van der Waals surface area (Å²) in [6.45, 7) is 0. The van der Waals surface area contributed by atoms with Crippen LogP contribution in [0.15, 0.2) is 53.8 Å². The number of benzene rings is 1. The molecule has 108 valence electrons.